The highest BCUT2D eigenvalue weighted by Crippen LogP contribution is 2.22. The van der Waals surface area contributed by atoms with E-state index in [1.165, 1.54) is 3.57 Å². The van der Waals surface area contributed by atoms with Gasteiger partial charge in [0.1, 0.15) is 11.5 Å². The number of hydrogen-bond donors (Lipinski definition) is 1. The van der Waals surface area contributed by atoms with Gasteiger partial charge in [-0.3, -0.25) is 4.98 Å². The molecule has 1 heterocycles. The van der Waals surface area contributed by atoms with Crippen molar-refractivity contribution in [3.63, 3.8) is 0 Å². The number of rotatable bonds is 6. The zero-order chi connectivity index (χ0) is 13.5. The van der Waals surface area contributed by atoms with Crippen molar-refractivity contribution in [2.45, 2.75) is 19.9 Å². The number of nitrogens with zero attached hydrogens (tertiary/aromatic N) is 1. The molecule has 2 rings (SSSR count). The van der Waals surface area contributed by atoms with Gasteiger partial charge in [0.05, 0.1) is 6.20 Å². The van der Waals surface area contributed by atoms with Gasteiger partial charge in [-0.1, -0.05) is 6.92 Å². The van der Waals surface area contributed by atoms with Gasteiger partial charge in [-0.15, -0.1) is 0 Å². The molecule has 0 spiro atoms. The van der Waals surface area contributed by atoms with E-state index in [2.05, 4.69) is 39.8 Å². The Morgan fingerprint density at radius 1 is 1.16 bits per heavy atom. The maximum absolute atomic E-state index is 5.79. The third-order valence-electron chi connectivity index (χ3n) is 2.58. The average molecular weight is 368 g/mol. The Morgan fingerprint density at radius 2 is 1.95 bits per heavy atom. The Kier molecular flexibility index (Phi) is 5.60. The van der Waals surface area contributed by atoms with Crippen molar-refractivity contribution >= 4 is 22.6 Å². The second-order valence-electron chi connectivity index (χ2n) is 4.26. The molecule has 100 valence electrons. The van der Waals surface area contributed by atoms with E-state index >= 15 is 0 Å². The Balaban J connectivity index is 2.00. The van der Waals surface area contributed by atoms with Crippen LogP contribution in [0, 0.1) is 3.57 Å². The van der Waals surface area contributed by atoms with Crippen molar-refractivity contribution in [3.05, 3.63) is 51.9 Å². The van der Waals surface area contributed by atoms with Crippen LogP contribution in [0.3, 0.4) is 0 Å². The molecule has 3 nitrogen and oxygen atoms in total. The standard InChI is InChI=1S/C15H17IN2O/c1-2-7-17-9-12-8-15(11-18-10-12)19-14-5-3-13(16)4-6-14/h3-6,8,10-11,17H,2,7,9H2,1H3. The lowest BCUT2D eigenvalue weighted by Gasteiger charge is -2.08. The van der Waals surface area contributed by atoms with Crippen LogP contribution < -0.4 is 10.1 Å². The molecule has 1 N–H and O–H groups in total. The molecule has 0 aliphatic carbocycles. The molecule has 0 aliphatic rings. The summed E-state index contributed by atoms with van der Waals surface area (Å²) in [5, 5.41) is 3.35. The molecule has 2 aromatic rings. The van der Waals surface area contributed by atoms with E-state index in [1.807, 2.05) is 36.5 Å². The van der Waals surface area contributed by atoms with Gasteiger partial charge in [0.15, 0.2) is 0 Å². The molecule has 0 atom stereocenters. The van der Waals surface area contributed by atoms with Gasteiger partial charge in [-0.25, -0.2) is 0 Å². The van der Waals surface area contributed by atoms with Crippen molar-refractivity contribution < 1.29 is 4.74 Å². The lowest BCUT2D eigenvalue weighted by molar-refractivity contribution is 0.479. The van der Waals surface area contributed by atoms with E-state index in [1.54, 1.807) is 6.20 Å². The monoisotopic (exact) mass is 368 g/mol. The van der Waals surface area contributed by atoms with E-state index < -0.39 is 0 Å². The lowest BCUT2D eigenvalue weighted by Crippen LogP contribution is -2.13. The van der Waals surface area contributed by atoms with Crippen LogP contribution in [0.4, 0.5) is 0 Å². The van der Waals surface area contributed by atoms with Gasteiger partial charge < -0.3 is 10.1 Å². The van der Waals surface area contributed by atoms with E-state index in [-0.39, 0.29) is 0 Å². The Morgan fingerprint density at radius 3 is 2.68 bits per heavy atom. The second-order valence-corrected chi connectivity index (χ2v) is 5.51. The van der Waals surface area contributed by atoms with Gasteiger partial charge >= 0.3 is 0 Å². The first-order valence-corrected chi connectivity index (χ1v) is 7.44. The van der Waals surface area contributed by atoms with Crippen molar-refractivity contribution in [1.29, 1.82) is 0 Å². The number of pyridine rings is 1. The van der Waals surface area contributed by atoms with E-state index in [0.29, 0.717) is 0 Å². The molecule has 0 saturated heterocycles. The summed E-state index contributed by atoms with van der Waals surface area (Å²) in [6.07, 6.45) is 4.73. The van der Waals surface area contributed by atoms with E-state index in [9.17, 15) is 0 Å². The van der Waals surface area contributed by atoms with Crippen LogP contribution in [-0.4, -0.2) is 11.5 Å². The summed E-state index contributed by atoms with van der Waals surface area (Å²) in [6.45, 7) is 3.99. The van der Waals surface area contributed by atoms with Gasteiger partial charge in [0, 0.05) is 16.3 Å². The van der Waals surface area contributed by atoms with Crippen LogP contribution in [0.15, 0.2) is 42.7 Å². The van der Waals surface area contributed by atoms with Gasteiger partial charge in [-0.2, -0.15) is 0 Å². The molecule has 0 aliphatic heterocycles. The number of nitrogens with one attached hydrogen (secondary N) is 1. The third-order valence-corrected chi connectivity index (χ3v) is 3.29. The summed E-state index contributed by atoms with van der Waals surface area (Å²) in [5.74, 6) is 1.61. The summed E-state index contributed by atoms with van der Waals surface area (Å²) >= 11 is 2.28. The molecule has 0 saturated carbocycles. The minimum Gasteiger partial charge on any atom is -0.456 e. The number of hydrogen-bond acceptors (Lipinski definition) is 3. The fraction of sp³-hybridized carbons (Fsp3) is 0.267. The van der Waals surface area contributed by atoms with Crippen molar-refractivity contribution in [2.75, 3.05) is 6.54 Å². The topological polar surface area (TPSA) is 34.2 Å². The van der Waals surface area contributed by atoms with Crippen LogP contribution in [0.25, 0.3) is 0 Å². The molecule has 0 bridgehead atoms. The summed E-state index contributed by atoms with van der Waals surface area (Å²) < 4.78 is 6.98. The van der Waals surface area contributed by atoms with Gasteiger partial charge in [-0.05, 0) is 71.5 Å². The number of ether oxygens (including phenoxy) is 1. The zero-order valence-electron chi connectivity index (χ0n) is 10.9. The third kappa shape index (κ3) is 4.80. The summed E-state index contributed by atoms with van der Waals surface area (Å²) in [6, 6.07) is 9.99. The van der Waals surface area contributed by atoms with Crippen LogP contribution >= 0.6 is 22.6 Å². The van der Waals surface area contributed by atoms with E-state index in [0.717, 1.165) is 36.6 Å². The SMILES string of the molecule is CCCNCc1cncc(Oc2ccc(I)cc2)c1. The average Bonchev–Trinajstić information content (AvgIpc) is 2.42. The first-order chi connectivity index (χ1) is 9.28. The predicted molar refractivity (Wildman–Crippen MR) is 85.5 cm³/mol. The van der Waals surface area contributed by atoms with Crippen LogP contribution in [-0.2, 0) is 6.54 Å². The molecule has 4 heteroatoms. The fourth-order valence-electron chi connectivity index (χ4n) is 1.66. The minimum absolute atomic E-state index is 0.775. The Labute approximate surface area is 127 Å². The zero-order valence-corrected chi connectivity index (χ0v) is 13.1. The smallest absolute Gasteiger partial charge is 0.146 e. The summed E-state index contributed by atoms with van der Waals surface area (Å²) in [5.41, 5.74) is 1.14. The second kappa shape index (κ2) is 7.45. The number of halogens is 1. The Hall–Kier alpha value is -1.14. The van der Waals surface area contributed by atoms with Crippen molar-refractivity contribution in [2.24, 2.45) is 0 Å². The van der Waals surface area contributed by atoms with Crippen LogP contribution in [0.1, 0.15) is 18.9 Å². The molecular weight excluding hydrogens is 351 g/mol. The van der Waals surface area contributed by atoms with Crippen molar-refractivity contribution in [3.8, 4) is 11.5 Å². The maximum Gasteiger partial charge on any atom is 0.146 e. The highest BCUT2D eigenvalue weighted by Gasteiger charge is 2.00. The quantitative estimate of drug-likeness (QED) is 0.619. The molecule has 0 amide bonds. The first kappa shape index (κ1) is 14.3. The fourth-order valence-corrected chi connectivity index (χ4v) is 2.02. The molecule has 1 aromatic heterocycles. The minimum atomic E-state index is 0.775. The summed E-state index contributed by atoms with van der Waals surface area (Å²) in [7, 11) is 0. The lowest BCUT2D eigenvalue weighted by atomic mass is 10.2. The molecule has 0 unspecified atom stereocenters. The highest BCUT2D eigenvalue weighted by atomic mass is 127. The molecule has 0 fully saturated rings. The van der Waals surface area contributed by atoms with Gasteiger partial charge in [0.25, 0.3) is 0 Å². The first-order valence-electron chi connectivity index (χ1n) is 6.36. The maximum atomic E-state index is 5.79. The predicted octanol–water partition coefficient (Wildman–Crippen LogP) is 3.98. The number of aromatic nitrogens is 1. The molecular formula is C15H17IN2O. The highest BCUT2D eigenvalue weighted by molar-refractivity contribution is 14.1. The molecule has 19 heavy (non-hydrogen) atoms. The van der Waals surface area contributed by atoms with Crippen molar-refractivity contribution in [1.82, 2.24) is 10.3 Å². The van der Waals surface area contributed by atoms with Gasteiger partial charge in [0.2, 0.25) is 0 Å². The molecule has 1 aromatic carbocycles. The normalized spacial score (nSPS) is 10.4. The van der Waals surface area contributed by atoms with Crippen LogP contribution in [0.5, 0.6) is 11.5 Å². The summed E-state index contributed by atoms with van der Waals surface area (Å²) in [4.78, 5) is 4.21. The molecule has 0 radical (unpaired) electrons. The van der Waals surface area contributed by atoms with E-state index in [4.69, 9.17) is 4.74 Å². The van der Waals surface area contributed by atoms with Crippen LogP contribution in [0.2, 0.25) is 0 Å². The number of benzene rings is 1. The largest absolute Gasteiger partial charge is 0.456 e. The Bertz CT molecular complexity index is 514.